The van der Waals surface area contributed by atoms with Gasteiger partial charge in [-0.2, -0.15) is 0 Å². The fourth-order valence-corrected chi connectivity index (χ4v) is 2.39. The van der Waals surface area contributed by atoms with Gasteiger partial charge in [-0.05, 0) is 35.4 Å². The first-order chi connectivity index (χ1) is 9.56. The number of benzene rings is 2. The number of fused-ring (bicyclic) bond motifs is 1. The van der Waals surface area contributed by atoms with Crippen molar-refractivity contribution in [1.29, 1.82) is 0 Å². The number of carbonyl (C=O) groups excluding carboxylic acids is 1. The van der Waals surface area contributed by atoms with Crippen LogP contribution < -0.4 is 0 Å². The normalized spacial score (nSPS) is 15.6. The van der Waals surface area contributed by atoms with Crippen LogP contribution in [-0.4, -0.2) is 21.1 Å². The van der Waals surface area contributed by atoms with Gasteiger partial charge >= 0.3 is 0 Å². The van der Waals surface area contributed by atoms with Gasteiger partial charge in [0, 0.05) is 12.0 Å². The van der Waals surface area contributed by atoms with Gasteiger partial charge in [0.2, 0.25) is 0 Å². The lowest BCUT2D eigenvalue weighted by Crippen LogP contribution is -1.95. The van der Waals surface area contributed by atoms with E-state index in [9.17, 15) is 20.1 Å². The average Bonchev–Trinajstić information content (AvgIpc) is 2.72. The van der Waals surface area contributed by atoms with Crippen LogP contribution in [0.3, 0.4) is 0 Å². The number of hydrogen-bond donors (Lipinski definition) is 3. The van der Waals surface area contributed by atoms with Gasteiger partial charge in [-0.25, -0.2) is 0 Å². The highest BCUT2D eigenvalue weighted by molar-refractivity contribution is 6.17. The maximum Gasteiger partial charge on any atom is 0.193 e. The molecule has 0 unspecified atom stereocenters. The molecule has 0 aliphatic heterocycles. The Morgan fingerprint density at radius 2 is 1.75 bits per heavy atom. The summed E-state index contributed by atoms with van der Waals surface area (Å²) >= 11 is 0. The van der Waals surface area contributed by atoms with Crippen LogP contribution in [0, 0.1) is 0 Å². The van der Waals surface area contributed by atoms with Crippen LogP contribution >= 0.6 is 0 Å². The Bertz CT molecular complexity index is 744. The summed E-state index contributed by atoms with van der Waals surface area (Å²) in [6, 6.07) is 9.37. The third kappa shape index (κ3) is 1.91. The zero-order valence-corrected chi connectivity index (χ0v) is 10.5. The van der Waals surface area contributed by atoms with Gasteiger partial charge in [0.15, 0.2) is 17.3 Å². The van der Waals surface area contributed by atoms with Gasteiger partial charge < -0.3 is 15.3 Å². The Kier molecular flexibility index (Phi) is 2.71. The van der Waals surface area contributed by atoms with Crippen LogP contribution in [-0.2, 0) is 6.42 Å². The highest BCUT2D eigenvalue weighted by Gasteiger charge is 2.27. The van der Waals surface area contributed by atoms with Crippen molar-refractivity contribution in [2.45, 2.75) is 6.42 Å². The van der Waals surface area contributed by atoms with E-state index >= 15 is 0 Å². The van der Waals surface area contributed by atoms with Crippen LogP contribution in [0.5, 0.6) is 17.2 Å². The maximum absolute atomic E-state index is 12.2. The van der Waals surface area contributed by atoms with E-state index < -0.39 is 0 Å². The van der Waals surface area contributed by atoms with Gasteiger partial charge in [0.25, 0.3) is 0 Å². The van der Waals surface area contributed by atoms with Gasteiger partial charge in [-0.15, -0.1) is 0 Å². The van der Waals surface area contributed by atoms with E-state index in [1.54, 1.807) is 18.2 Å². The Hall–Kier alpha value is -2.75. The first-order valence-corrected chi connectivity index (χ1v) is 6.14. The Balaban J connectivity index is 2.01. The molecule has 0 bridgehead atoms. The molecule has 0 atom stereocenters. The smallest absolute Gasteiger partial charge is 0.193 e. The molecule has 1 aliphatic rings. The second-order valence-corrected chi connectivity index (χ2v) is 4.73. The second kappa shape index (κ2) is 4.42. The quantitative estimate of drug-likeness (QED) is 0.549. The maximum atomic E-state index is 12.2. The molecule has 1 aliphatic carbocycles. The number of Topliss-reactive ketones (excluding diaryl/α,β-unsaturated/α-hetero) is 1. The van der Waals surface area contributed by atoms with Crippen LogP contribution in [0.25, 0.3) is 6.08 Å². The summed E-state index contributed by atoms with van der Waals surface area (Å²) < 4.78 is 0. The Morgan fingerprint density at radius 3 is 2.45 bits per heavy atom. The minimum Gasteiger partial charge on any atom is -0.507 e. The number of rotatable bonds is 1. The van der Waals surface area contributed by atoms with Crippen molar-refractivity contribution >= 4 is 11.9 Å². The van der Waals surface area contributed by atoms with Crippen LogP contribution in [0.2, 0.25) is 0 Å². The molecule has 0 saturated heterocycles. The number of ketones is 1. The molecule has 0 heterocycles. The first-order valence-electron chi connectivity index (χ1n) is 6.14. The number of phenols is 3. The lowest BCUT2D eigenvalue weighted by Gasteiger charge is -2.00. The summed E-state index contributed by atoms with van der Waals surface area (Å²) in [6.45, 7) is 0. The van der Waals surface area contributed by atoms with Crippen molar-refractivity contribution in [3.05, 3.63) is 58.7 Å². The molecule has 0 spiro atoms. The van der Waals surface area contributed by atoms with E-state index in [0.29, 0.717) is 23.1 Å². The van der Waals surface area contributed by atoms with E-state index in [2.05, 4.69) is 0 Å². The molecule has 0 aromatic heterocycles. The lowest BCUT2D eigenvalue weighted by atomic mass is 10.1. The topological polar surface area (TPSA) is 77.8 Å². The third-order valence-corrected chi connectivity index (χ3v) is 3.37. The predicted octanol–water partition coefficient (Wildman–Crippen LogP) is 2.63. The SMILES string of the molecule is O=C1C(=Cc2ccc(O)c(O)c2)Cc2cccc(O)c21. The molecule has 4 heteroatoms. The second-order valence-electron chi connectivity index (χ2n) is 4.73. The van der Waals surface area contributed by atoms with Crippen molar-refractivity contribution in [1.82, 2.24) is 0 Å². The largest absolute Gasteiger partial charge is 0.507 e. The standard InChI is InChI=1S/C16H12O4/c17-12-5-4-9(7-14(12)19)6-11-8-10-2-1-3-13(18)15(10)16(11)20/h1-7,17-19H,8H2. The third-order valence-electron chi connectivity index (χ3n) is 3.37. The summed E-state index contributed by atoms with van der Waals surface area (Å²) in [5.74, 6) is -0.647. The van der Waals surface area contributed by atoms with Crippen molar-refractivity contribution in [2.75, 3.05) is 0 Å². The molecule has 4 nitrogen and oxygen atoms in total. The first kappa shape index (κ1) is 12.3. The van der Waals surface area contributed by atoms with Crippen molar-refractivity contribution < 1.29 is 20.1 Å². The molecular formula is C16H12O4. The average molecular weight is 268 g/mol. The number of hydrogen-bond acceptors (Lipinski definition) is 4. The minimum atomic E-state index is -0.231. The molecule has 3 rings (SSSR count). The highest BCUT2D eigenvalue weighted by atomic mass is 16.3. The predicted molar refractivity (Wildman–Crippen MR) is 73.9 cm³/mol. The van der Waals surface area contributed by atoms with Crippen LogP contribution in [0.1, 0.15) is 21.5 Å². The van der Waals surface area contributed by atoms with E-state index in [1.807, 2.05) is 6.07 Å². The van der Waals surface area contributed by atoms with Crippen molar-refractivity contribution in [2.24, 2.45) is 0 Å². The van der Waals surface area contributed by atoms with Gasteiger partial charge in [0.05, 0.1) is 5.56 Å². The monoisotopic (exact) mass is 268 g/mol. The van der Waals surface area contributed by atoms with E-state index in [0.717, 1.165) is 5.56 Å². The number of carbonyl (C=O) groups is 1. The van der Waals surface area contributed by atoms with Gasteiger partial charge in [-0.3, -0.25) is 4.79 Å². The molecule has 100 valence electrons. The van der Waals surface area contributed by atoms with E-state index in [-0.39, 0.29) is 23.0 Å². The fraction of sp³-hybridized carbons (Fsp3) is 0.0625. The van der Waals surface area contributed by atoms with Crippen LogP contribution in [0.4, 0.5) is 0 Å². The Labute approximate surface area is 115 Å². The zero-order chi connectivity index (χ0) is 14.3. The van der Waals surface area contributed by atoms with Gasteiger partial charge in [0.1, 0.15) is 5.75 Å². The molecular weight excluding hydrogens is 256 g/mol. The minimum absolute atomic E-state index is 0.00977. The molecule has 0 amide bonds. The van der Waals surface area contributed by atoms with Crippen LogP contribution in [0.15, 0.2) is 42.0 Å². The molecule has 0 saturated carbocycles. The molecule has 3 N–H and O–H groups in total. The van der Waals surface area contributed by atoms with Crippen molar-refractivity contribution in [3.8, 4) is 17.2 Å². The summed E-state index contributed by atoms with van der Waals surface area (Å²) in [4.78, 5) is 12.2. The number of aromatic hydroxyl groups is 3. The fourth-order valence-electron chi connectivity index (χ4n) is 2.39. The molecule has 2 aromatic carbocycles. The van der Waals surface area contributed by atoms with E-state index in [1.165, 1.54) is 18.2 Å². The Morgan fingerprint density at radius 1 is 0.950 bits per heavy atom. The summed E-state index contributed by atoms with van der Waals surface area (Å²) in [7, 11) is 0. The molecule has 20 heavy (non-hydrogen) atoms. The summed E-state index contributed by atoms with van der Waals surface area (Å²) in [6.07, 6.45) is 2.10. The number of allylic oxidation sites excluding steroid dienone is 1. The molecule has 2 aromatic rings. The molecule has 0 fully saturated rings. The summed E-state index contributed by atoms with van der Waals surface area (Å²) in [5.41, 5.74) is 2.31. The number of phenolic OH excluding ortho intramolecular Hbond substituents is 3. The van der Waals surface area contributed by atoms with Crippen molar-refractivity contribution in [3.63, 3.8) is 0 Å². The highest BCUT2D eigenvalue weighted by Crippen LogP contribution is 2.34. The van der Waals surface area contributed by atoms with E-state index in [4.69, 9.17) is 0 Å². The van der Waals surface area contributed by atoms with Gasteiger partial charge in [-0.1, -0.05) is 18.2 Å². The summed E-state index contributed by atoms with van der Waals surface area (Å²) in [5, 5.41) is 28.5. The molecule has 0 radical (unpaired) electrons. The lowest BCUT2D eigenvalue weighted by molar-refractivity contribution is 0.103. The zero-order valence-electron chi connectivity index (χ0n) is 10.5.